The van der Waals surface area contributed by atoms with Crippen LogP contribution in [-0.2, 0) is 6.42 Å². The van der Waals surface area contributed by atoms with Gasteiger partial charge in [-0.15, -0.1) is 0 Å². The van der Waals surface area contributed by atoms with E-state index in [0.29, 0.717) is 6.54 Å². The zero-order chi connectivity index (χ0) is 11.4. The van der Waals surface area contributed by atoms with Crippen LogP contribution in [0.4, 0.5) is 4.39 Å². The molecule has 0 amide bonds. The smallest absolute Gasteiger partial charge is 0.147 e. The maximum absolute atomic E-state index is 13.6. The van der Waals surface area contributed by atoms with E-state index in [4.69, 9.17) is 11.6 Å². The molecule has 0 fully saturated rings. The molecule has 0 aromatic heterocycles. The normalized spacial score (nSPS) is 12.9. The molecule has 2 N–H and O–H groups in total. The topological polar surface area (TPSA) is 32.3 Å². The van der Waals surface area contributed by atoms with Crippen molar-refractivity contribution in [2.75, 3.05) is 13.6 Å². The van der Waals surface area contributed by atoms with Crippen LogP contribution in [0.25, 0.3) is 0 Å². The summed E-state index contributed by atoms with van der Waals surface area (Å²) in [5.41, 5.74) is 1.18. The third-order valence-corrected chi connectivity index (χ3v) is 2.56. The molecule has 84 valence electrons. The highest BCUT2D eigenvalue weighted by atomic mass is 35.5. The Labute approximate surface area is 94.1 Å². The summed E-state index contributed by atoms with van der Waals surface area (Å²) in [5.74, 6) is -0.531. The van der Waals surface area contributed by atoms with Crippen LogP contribution in [0.15, 0.2) is 12.1 Å². The molecule has 0 spiro atoms. The van der Waals surface area contributed by atoms with Crippen LogP contribution in [0.3, 0.4) is 0 Å². The Morgan fingerprint density at radius 1 is 1.53 bits per heavy atom. The highest BCUT2D eigenvalue weighted by molar-refractivity contribution is 6.30. The number of benzene rings is 1. The van der Waals surface area contributed by atoms with E-state index in [1.807, 2.05) is 6.92 Å². The van der Waals surface area contributed by atoms with Gasteiger partial charge >= 0.3 is 0 Å². The summed E-state index contributed by atoms with van der Waals surface area (Å²) < 4.78 is 13.6. The Hall–Kier alpha value is -0.640. The van der Waals surface area contributed by atoms with E-state index in [2.05, 4.69) is 5.32 Å². The second kappa shape index (κ2) is 5.45. The summed E-state index contributed by atoms with van der Waals surface area (Å²) in [6.45, 7) is 2.26. The predicted molar refractivity (Wildman–Crippen MR) is 59.7 cm³/mol. The van der Waals surface area contributed by atoms with Gasteiger partial charge in [0.05, 0.1) is 11.1 Å². The first-order valence-electron chi connectivity index (χ1n) is 4.90. The van der Waals surface area contributed by atoms with E-state index in [1.165, 1.54) is 0 Å². The van der Waals surface area contributed by atoms with Gasteiger partial charge in [0.15, 0.2) is 0 Å². The maximum Gasteiger partial charge on any atom is 0.147 e. The maximum atomic E-state index is 13.6. The number of aliphatic hydroxyl groups is 1. The van der Waals surface area contributed by atoms with Crippen molar-refractivity contribution in [2.24, 2.45) is 0 Å². The quantitative estimate of drug-likeness (QED) is 0.834. The van der Waals surface area contributed by atoms with Gasteiger partial charge in [-0.3, -0.25) is 0 Å². The van der Waals surface area contributed by atoms with Gasteiger partial charge in [-0.05, 0) is 25.1 Å². The van der Waals surface area contributed by atoms with Gasteiger partial charge in [0, 0.05) is 12.1 Å². The number of aryl methyl sites for hydroxylation is 1. The first-order chi connectivity index (χ1) is 7.10. The lowest BCUT2D eigenvalue weighted by Gasteiger charge is -2.13. The highest BCUT2D eigenvalue weighted by Gasteiger charge is 2.15. The molecule has 1 unspecified atom stereocenters. The summed E-state index contributed by atoms with van der Waals surface area (Å²) in [6.07, 6.45) is -0.0989. The van der Waals surface area contributed by atoms with Crippen molar-refractivity contribution >= 4 is 11.6 Å². The fourth-order valence-electron chi connectivity index (χ4n) is 1.42. The molecule has 1 aromatic rings. The van der Waals surface area contributed by atoms with Crippen LogP contribution >= 0.6 is 11.6 Å². The Kier molecular flexibility index (Phi) is 4.51. The molecule has 0 aliphatic carbocycles. The third kappa shape index (κ3) is 2.91. The zero-order valence-electron chi connectivity index (χ0n) is 8.85. The van der Waals surface area contributed by atoms with Gasteiger partial charge in [-0.2, -0.15) is 0 Å². The lowest BCUT2D eigenvalue weighted by molar-refractivity contribution is 0.173. The minimum Gasteiger partial charge on any atom is -0.387 e. The number of halogens is 2. The molecule has 0 saturated carbocycles. The molecule has 0 aliphatic rings. The molecular weight excluding hydrogens is 217 g/mol. The summed E-state index contributed by atoms with van der Waals surface area (Å²) in [4.78, 5) is 0. The van der Waals surface area contributed by atoms with E-state index < -0.39 is 11.9 Å². The monoisotopic (exact) mass is 231 g/mol. The zero-order valence-corrected chi connectivity index (χ0v) is 9.61. The van der Waals surface area contributed by atoms with Crippen molar-refractivity contribution in [3.63, 3.8) is 0 Å². The Balaban J connectivity index is 3.09. The largest absolute Gasteiger partial charge is 0.387 e. The van der Waals surface area contributed by atoms with Crippen LogP contribution in [0.5, 0.6) is 0 Å². The molecule has 1 atom stereocenters. The highest BCUT2D eigenvalue weighted by Crippen LogP contribution is 2.25. The molecule has 0 saturated heterocycles. The molecule has 0 bridgehead atoms. The molecule has 0 radical (unpaired) electrons. The van der Waals surface area contributed by atoms with E-state index in [9.17, 15) is 9.50 Å². The molecular formula is C11H15ClFNO. The molecule has 15 heavy (non-hydrogen) atoms. The van der Waals surface area contributed by atoms with Gasteiger partial charge in [-0.25, -0.2) is 4.39 Å². The summed E-state index contributed by atoms with van der Waals surface area (Å²) >= 11 is 5.74. The Morgan fingerprint density at radius 2 is 2.20 bits per heavy atom. The van der Waals surface area contributed by atoms with Crippen LogP contribution in [0.1, 0.15) is 24.2 Å². The lowest BCUT2D eigenvalue weighted by atomic mass is 10.0. The van der Waals surface area contributed by atoms with E-state index >= 15 is 0 Å². The average Bonchev–Trinajstić information content (AvgIpc) is 2.22. The van der Waals surface area contributed by atoms with E-state index in [1.54, 1.807) is 19.2 Å². The minimum absolute atomic E-state index is 0.0690. The SMILES string of the molecule is CCc1cc(Cl)c(F)c(C(O)CNC)c1. The summed E-state index contributed by atoms with van der Waals surface area (Å²) in [7, 11) is 1.70. The fourth-order valence-corrected chi connectivity index (χ4v) is 1.67. The van der Waals surface area contributed by atoms with Crippen molar-refractivity contribution in [1.29, 1.82) is 0 Å². The lowest BCUT2D eigenvalue weighted by Crippen LogP contribution is -2.18. The molecule has 0 heterocycles. The fraction of sp³-hybridized carbons (Fsp3) is 0.455. The summed E-state index contributed by atoms with van der Waals surface area (Å²) in [6, 6.07) is 3.25. The van der Waals surface area contributed by atoms with Crippen LogP contribution < -0.4 is 5.32 Å². The summed E-state index contributed by atoms with van der Waals surface area (Å²) in [5, 5.41) is 12.5. The molecule has 2 nitrogen and oxygen atoms in total. The van der Waals surface area contributed by atoms with Crippen molar-refractivity contribution in [3.8, 4) is 0 Å². The first-order valence-corrected chi connectivity index (χ1v) is 5.28. The predicted octanol–water partition coefficient (Wildman–Crippen LogP) is 2.29. The van der Waals surface area contributed by atoms with E-state index in [0.717, 1.165) is 12.0 Å². The average molecular weight is 232 g/mol. The third-order valence-electron chi connectivity index (χ3n) is 2.28. The Morgan fingerprint density at radius 3 is 2.73 bits per heavy atom. The van der Waals surface area contributed by atoms with Gasteiger partial charge in [0.1, 0.15) is 5.82 Å². The minimum atomic E-state index is -0.862. The van der Waals surface area contributed by atoms with Crippen LogP contribution in [0, 0.1) is 5.82 Å². The van der Waals surface area contributed by atoms with Crippen molar-refractivity contribution < 1.29 is 9.50 Å². The van der Waals surface area contributed by atoms with Gasteiger partial charge in [-0.1, -0.05) is 24.6 Å². The second-order valence-electron chi connectivity index (χ2n) is 3.41. The molecule has 1 rings (SSSR count). The number of likely N-dealkylation sites (N-methyl/N-ethyl adjacent to an activating group) is 1. The van der Waals surface area contributed by atoms with E-state index in [-0.39, 0.29) is 10.6 Å². The number of hydrogen-bond donors (Lipinski definition) is 2. The van der Waals surface area contributed by atoms with Gasteiger partial charge < -0.3 is 10.4 Å². The number of nitrogens with one attached hydrogen (secondary N) is 1. The standard InChI is InChI=1S/C11H15ClFNO/c1-3-7-4-8(10(15)6-14-2)11(13)9(12)5-7/h4-5,10,14-15H,3,6H2,1-2H3. The number of hydrogen-bond acceptors (Lipinski definition) is 2. The van der Waals surface area contributed by atoms with Crippen molar-refractivity contribution in [1.82, 2.24) is 5.32 Å². The van der Waals surface area contributed by atoms with Crippen molar-refractivity contribution in [3.05, 3.63) is 34.1 Å². The molecule has 1 aromatic carbocycles. The molecule has 0 aliphatic heterocycles. The number of aliphatic hydroxyl groups excluding tert-OH is 1. The van der Waals surface area contributed by atoms with Crippen molar-refractivity contribution in [2.45, 2.75) is 19.4 Å². The Bertz CT molecular complexity index is 344. The second-order valence-corrected chi connectivity index (χ2v) is 3.82. The van der Waals surface area contributed by atoms with Gasteiger partial charge in [0.2, 0.25) is 0 Å². The van der Waals surface area contributed by atoms with Crippen LogP contribution in [0.2, 0.25) is 5.02 Å². The molecule has 4 heteroatoms. The number of rotatable bonds is 4. The van der Waals surface area contributed by atoms with Gasteiger partial charge in [0.25, 0.3) is 0 Å². The first kappa shape index (κ1) is 12.4. The van der Waals surface area contributed by atoms with Crippen LogP contribution in [-0.4, -0.2) is 18.7 Å².